The topological polar surface area (TPSA) is 0 Å². The first-order valence-corrected chi connectivity index (χ1v) is 6.54. The van der Waals surface area contributed by atoms with E-state index in [4.69, 9.17) is 0 Å². The maximum absolute atomic E-state index is 2.28. The van der Waals surface area contributed by atoms with Crippen molar-refractivity contribution in [2.45, 2.75) is 60.1 Å². The van der Waals surface area contributed by atoms with Gasteiger partial charge in [-0.3, -0.25) is 0 Å². The number of hydrogen-bond donors (Lipinski definition) is 0. The summed E-state index contributed by atoms with van der Waals surface area (Å²) in [7, 11) is 0. The first kappa shape index (κ1) is 18.2. The molecule has 0 heterocycles. The molecule has 78 valence electrons. The quantitative estimate of drug-likeness (QED) is 0.617. The highest BCUT2D eigenvalue weighted by molar-refractivity contribution is 7.99. The van der Waals surface area contributed by atoms with Gasteiger partial charge in [0.1, 0.15) is 0 Å². The van der Waals surface area contributed by atoms with Crippen molar-refractivity contribution in [3.05, 3.63) is 0 Å². The lowest BCUT2D eigenvalue weighted by atomic mass is 10.1. The van der Waals surface area contributed by atoms with E-state index in [1.54, 1.807) is 0 Å². The van der Waals surface area contributed by atoms with E-state index in [2.05, 4.69) is 27.0 Å². The van der Waals surface area contributed by atoms with Crippen molar-refractivity contribution in [1.82, 2.24) is 0 Å². The number of hydrogen-bond acceptors (Lipinski definition) is 1. The van der Waals surface area contributed by atoms with Gasteiger partial charge in [-0.25, -0.2) is 0 Å². The van der Waals surface area contributed by atoms with Gasteiger partial charge in [-0.1, -0.05) is 48.5 Å². The predicted molar refractivity (Wildman–Crippen MR) is 65.1 cm³/mol. The SMILES string of the molecule is CC.CC.CCC(SC)C(C)C. The van der Waals surface area contributed by atoms with Gasteiger partial charge in [-0.15, -0.1) is 0 Å². The third-order valence-electron chi connectivity index (χ3n) is 1.45. The van der Waals surface area contributed by atoms with Gasteiger partial charge in [-0.05, 0) is 18.6 Å². The highest BCUT2D eigenvalue weighted by atomic mass is 32.2. The summed E-state index contributed by atoms with van der Waals surface area (Å²) in [4.78, 5) is 0. The summed E-state index contributed by atoms with van der Waals surface area (Å²) in [5.74, 6) is 0.843. The molecular weight excluding hydrogens is 164 g/mol. The molecule has 0 aliphatic carbocycles. The standard InChI is InChI=1S/C7H16S.2C2H6/c1-5-7(8-4)6(2)3;2*1-2/h6-7H,5H2,1-4H3;2*1-2H3. The van der Waals surface area contributed by atoms with Crippen LogP contribution in [-0.4, -0.2) is 11.5 Å². The van der Waals surface area contributed by atoms with Crippen molar-refractivity contribution < 1.29 is 0 Å². The van der Waals surface area contributed by atoms with E-state index in [1.807, 2.05) is 39.5 Å². The predicted octanol–water partition coefficient (Wildman–Crippen LogP) is 4.84. The molecule has 0 amide bonds. The van der Waals surface area contributed by atoms with Crippen LogP contribution in [0.15, 0.2) is 0 Å². The summed E-state index contributed by atoms with van der Waals surface area (Å²) in [5.41, 5.74) is 0. The van der Waals surface area contributed by atoms with Crippen molar-refractivity contribution in [1.29, 1.82) is 0 Å². The maximum Gasteiger partial charge on any atom is 0.00646 e. The Morgan fingerprint density at radius 1 is 1.00 bits per heavy atom. The molecule has 1 unspecified atom stereocenters. The first-order valence-electron chi connectivity index (χ1n) is 5.25. The molecule has 0 spiro atoms. The summed E-state index contributed by atoms with van der Waals surface area (Å²) in [6.07, 6.45) is 3.49. The normalized spacial score (nSPS) is 10.8. The second-order valence-corrected chi connectivity index (χ2v) is 3.50. The molecule has 1 heteroatoms. The Balaban J connectivity index is -0.000000175. The van der Waals surface area contributed by atoms with Crippen molar-refractivity contribution >= 4 is 11.8 Å². The van der Waals surface area contributed by atoms with Crippen LogP contribution in [0.1, 0.15) is 54.9 Å². The Hall–Kier alpha value is 0.350. The molecule has 0 saturated carbocycles. The fourth-order valence-electron chi connectivity index (χ4n) is 0.910. The van der Waals surface area contributed by atoms with Crippen LogP contribution in [0.25, 0.3) is 0 Å². The second-order valence-electron chi connectivity index (χ2n) is 2.43. The molecule has 0 saturated heterocycles. The van der Waals surface area contributed by atoms with Gasteiger partial charge in [-0.2, -0.15) is 11.8 Å². The Morgan fingerprint density at radius 3 is 1.33 bits per heavy atom. The highest BCUT2D eigenvalue weighted by Crippen LogP contribution is 2.18. The van der Waals surface area contributed by atoms with E-state index in [0.717, 1.165) is 11.2 Å². The lowest BCUT2D eigenvalue weighted by Gasteiger charge is -2.14. The molecule has 12 heavy (non-hydrogen) atoms. The van der Waals surface area contributed by atoms with Crippen LogP contribution >= 0.6 is 11.8 Å². The summed E-state index contributed by atoms with van der Waals surface area (Å²) in [5, 5.41) is 0.870. The molecule has 0 rings (SSSR count). The third-order valence-corrected chi connectivity index (χ3v) is 2.93. The van der Waals surface area contributed by atoms with E-state index in [9.17, 15) is 0 Å². The summed E-state index contributed by atoms with van der Waals surface area (Å²) >= 11 is 1.98. The summed E-state index contributed by atoms with van der Waals surface area (Å²) in [6, 6.07) is 0. The molecule has 0 aliphatic heterocycles. The monoisotopic (exact) mass is 192 g/mol. The van der Waals surface area contributed by atoms with E-state index in [-0.39, 0.29) is 0 Å². The Bertz CT molecular complexity index is 47.0. The minimum Gasteiger partial charge on any atom is -0.162 e. The molecule has 1 atom stereocenters. The molecule has 0 aromatic heterocycles. The zero-order valence-corrected chi connectivity index (χ0v) is 11.1. The van der Waals surface area contributed by atoms with Crippen LogP contribution < -0.4 is 0 Å². The lowest BCUT2D eigenvalue weighted by Crippen LogP contribution is -2.08. The highest BCUT2D eigenvalue weighted by Gasteiger charge is 2.06. The Morgan fingerprint density at radius 2 is 1.33 bits per heavy atom. The molecular formula is C11H28S. The van der Waals surface area contributed by atoms with E-state index in [1.165, 1.54) is 6.42 Å². The van der Waals surface area contributed by atoms with E-state index < -0.39 is 0 Å². The third kappa shape index (κ3) is 13.0. The number of thioether (sulfide) groups is 1. The molecule has 0 nitrogen and oxygen atoms in total. The van der Waals surface area contributed by atoms with Crippen LogP contribution in [0.2, 0.25) is 0 Å². The van der Waals surface area contributed by atoms with Gasteiger partial charge in [0.15, 0.2) is 0 Å². The Kier molecular flexibility index (Phi) is 26.4. The van der Waals surface area contributed by atoms with Gasteiger partial charge in [0, 0.05) is 5.25 Å². The number of rotatable bonds is 3. The largest absolute Gasteiger partial charge is 0.162 e. The first-order chi connectivity index (χ1) is 5.72. The molecule has 0 N–H and O–H groups in total. The van der Waals surface area contributed by atoms with Crippen molar-refractivity contribution in [2.24, 2.45) is 5.92 Å². The second kappa shape index (κ2) is 17.4. The zero-order valence-electron chi connectivity index (χ0n) is 10.3. The van der Waals surface area contributed by atoms with E-state index in [0.29, 0.717) is 0 Å². The molecule has 0 aromatic rings. The van der Waals surface area contributed by atoms with Gasteiger partial charge in [0.05, 0.1) is 0 Å². The van der Waals surface area contributed by atoms with Gasteiger partial charge in [0.2, 0.25) is 0 Å². The molecule has 0 bridgehead atoms. The van der Waals surface area contributed by atoms with Crippen LogP contribution in [0, 0.1) is 5.92 Å². The van der Waals surface area contributed by atoms with Crippen LogP contribution in [-0.2, 0) is 0 Å². The van der Waals surface area contributed by atoms with Gasteiger partial charge < -0.3 is 0 Å². The molecule has 0 fully saturated rings. The Labute approximate surface area is 84.5 Å². The zero-order chi connectivity index (χ0) is 10.6. The minimum atomic E-state index is 0.843. The summed E-state index contributed by atoms with van der Waals surface area (Å²) in [6.45, 7) is 14.8. The maximum atomic E-state index is 2.28. The fraction of sp³-hybridized carbons (Fsp3) is 1.00. The van der Waals surface area contributed by atoms with Crippen LogP contribution in [0.3, 0.4) is 0 Å². The van der Waals surface area contributed by atoms with Crippen molar-refractivity contribution in [3.8, 4) is 0 Å². The summed E-state index contributed by atoms with van der Waals surface area (Å²) < 4.78 is 0. The minimum absolute atomic E-state index is 0.843. The molecule has 0 aromatic carbocycles. The smallest absolute Gasteiger partial charge is 0.00646 e. The molecule has 0 aliphatic rings. The van der Waals surface area contributed by atoms with Gasteiger partial charge >= 0.3 is 0 Å². The van der Waals surface area contributed by atoms with Crippen molar-refractivity contribution in [2.75, 3.05) is 6.26 Å². The van der Waals surface area contributed by atoms with Crippen molar-refractivity contribution in [3.63, 3.8) is 0 Å². The van der Waals surface area contributed by atoms with Gasteiger partial charge in [0.25, 0.3) is 0 Å². The van der Waals surface area contributed by atoms with Crippen LogP contribution in [0.5, 0.6) is 0 Å². The van der Waals surface area contributed by atoms with E-state index >= 15 is 0 Å². The fourth-order valence-corrected chi connectivity index (χ4v) is 1.79. The lowest BCUT2D eigenvalue weighted by molar-refractivity contribution is 0.595. The van der Waals surface area contributed by atoms with Crippen LogP contribution in [0.4, 0.5) is 0 Å². The molecule has 0 radical (unpaired) electrons. The average molecular weight is 192 g/mol. The average Bonchev–Trinajstić information content (AvgIpc) is 2.13.